The summed E-state index contributed by atoms with van der Waals surface area (Å²) >= 11 is 5.83. The lowest BCUT2D eigenvalue weighted by molar-refractivity contribution is 0.655. The number of nitrogens with two attached hydrogens (primary N) is 1. The Hall–Kier alpha value is -1.62. The number of tetrazole rings is 1. The summed E-state index contributed by atoms with van der Waals surface area (Å²) in [6.45, 7) is 0.527. The molecule has 6 heteroatoms. The lowest BCUT2D eigenvalue weighted by Crippen LogP contribution is -2.06. The van der Waals surface area contributed by atoms with Gasteiger partial charge in [0, 0.05) is 5.02 Å². The highest BCUT2D eigenvalue weighted by atomic mass is 35.5. The predicted octanol–water partition coefficient (Wildman–Crippen LogP) is 0.957. The summed E-state index contributed by atoms with van der Waals surface area (Å²) in [5, 5.41) is 11.4. The van der Waals surface area contributed by atoms with Crippen molar-refractivity contribution >= 4 is 17.5 Å². The van der Waals surface area contributed by atoms with Crippen LogP contribution in [0.2, 0.25) is 5.02 Å². The maximum Gasteiger partial charge on any atom is 0.240 e. The fraction of sp³-hybridized carbons (Fsp3) is 0.125. The fourth-order valence-electron chi connectivity index (χ4n) is 1.13. The lowest BCUT2D eigenvalue weighted by Gasteiger charge is -2.01. The average molecular weight is 210 g/mol. The van der Waals surface area contributed by atoms with Crippen molar-refractivity contribution in [2.45, 2.75) is 6.54 Å². The largest absolute Gasteiger partial charge is 0.367 e. The van der Waals surface area contributed by atoms with E-state index in [2.05, 4.69) is 15.5 Å². The molecule has 1 heterocycles. The quantitative estimate of drug-likeness (QED) is 0.800. The highest BCUT2D eigenvalue weighted by molar-refractivity contribution is 6.30. The van der Waals surface area contributed by atoms with E-state index in [-0.39, 0.29) is 0 Å². The molecular formula is C8H8ClN5. The summed E-state index contributed by atoms with van der Waals surface area (Å²) in [5.41, 5.74) is 6.53. The van der Waals surface area contributed by atoms with Crippen molar-refractivity contribution in [3.05, 3.63) is 34.9 Å². The molecule has 0 aliphatic heterocycles. The molecule has 1 aromatic carbocycles. The van der Waals surface area contributed by atoms with Gasteiger partial charge in [0.2, 0.25) is 5.95 Å². The van der Waals surface area contributed by atoms with Gasteiger partial charge in [-0.1, -0.05) is 28.8 Å². The van der Waals surface area contributed by atoms with E-state index in [4.69, 9.17) is 17.3 Å². The van der Waals surface area contributed by atoms with Gasteiger partial charge in [-0.15, -0.1) is 0 Å². The molecular weight excluding hydrogens is 202 g/mol. The topological polar surface area (TPSA) is 69.6 Å². The first-order valence-electron chi connectivity index (χ1n) is 4.02. The summed E-state index contributed by atoms with van der Waals surface area (Å²) < 4.78 is 1.51. The van der Waals surface area contributed by atoms with Crippen LogP contribution in [0.3, 0.4) is 0 Å². The van der Waals surface area contributed by atoms with Gasteiger partial charge in [-0.05, 0) is 28.1 Å². The van der Waals surface area contributed by atoms with Crippen molar-refractivity contribution in [1.82, 2.24) is 20.2 Å². The normalized spacial score (nSPS) is 10.4. The molecule has 0 atom stereocenters. The van der Waals surface area contributed by atoms with Gasteiger partial charge in [0.1, 0.15) is 0 Å². The number of benzene rings is 1. The number of halogens is 1. The molecule has 2 aromatic rings. The van der Waals surface area contributed by atoms with E-state index >= 15 is 0 Å². The Bertz CT molecular complexity index is 439. The van der Waals surface area contributed by atoms with Crippen LogP contribution in [0, 0.1) is 0 Å². The van der Waals surface area contributed by atoms with E-state index in [0.717, 1.165) is 5.56 Å². The molecule has 0 fully saturated rings. The summed E-state index contributed by atoms with van der Waals surface area (Å²) in [6, 6.07) is 7.47. The van der Waals surface area contributed by atoms with Gasteiger partial charge in [-0.25, -0.2) is 4.68 Å². The average Bonchev–Trinajstić information content (AvgIpc) is 2.52. The minimum atomic E-state index is 0.296. The highest BCUT2D eigenvalue weighted by Gasteiger charge is 2.01. The number of hydrogen-bond donors (Lipinski definition) is 1. The smallest absolute Gasteiger partial charge is 0.240 e. The Kier molecular flexibility index (Phi) is 2.32. The van der Waals surface area contributed by atoms with Crippen LogP contribution in [-0.2, 0) is 6.54 Å². The molecule has 0 unspecified atom stereocenters. The molecule has 0 bridgehead atoms. The maximum absolute atomic E-state index is 5.83. The van der Waals surface area contributed by atoms with Crippen molar-refractivity contribution in [3.8, 4) is 0 Å². The molecule has 0 radical (unpaired) electrons. The SMILES string of the molecule is Nc1nnnn1Cc1cccc(Cl)c1. The molecule has 0 saturated heterocycles. The van der Waals surface area contributed by atoms with Gasteiger partial charge in [-0.3, -0.25) is 0 Å². The van der Waals surface area contributed by atoms with E-state index in [9.17, 15) is 0 Å². The maximum atomic E-state index is 5.83. The van der Waals surface area contributed by atoms with Crippen molar-refractivity contribution < 1.29 is 0 Å². The van der Waals surface area contributed by atoms with Crippen LogP contribution in [0.1, 0.15) is 5.56 Å². The molecule has 14 heavy (non-hydrogen) atoms. The van der Waals surface area contributed by atoms with Crippen molar-refractivity contribution in [2.24, 2.45) is 0 Å². The minimum Gasteiger partial charge on any atom is -0.367 e. The third kappa shape index (κ3) is 1.82. The Morgan fingerprint density at radius 1 is 1.43 bits per heavy atom. The molecule has 2 rings (SSSR count). The van der Waals surface area contributed by atoms with E-state index in [1.807, 2.05) is 24.3 Å². The molecule has 72 valence electrons. The van der Waals surface area contributed by atoms with Crippen LogP contribution in [-0.4, -0.2) is 20.2 Å². The number of hydrogen-bond acceptors (Lipinski definition) is 4. The molecule has 1 aromatic heterocycles. The van der Waals surface area contributed by atoms with Gasteiger partial charge < -0.3 is 5.73 Å². The van der Waals surface area contributed by atoms with Gasteiger partial charge >= 0.3 is 0 Å². The second-order valence-electron chi connectivity index (χ2n) is 2.82. The second-order valence-corrected chi connectivity index (χ2v) is 3.26. The minimum absolute atomic E-state index is 0.296. The van der Waals surface area contributed by atoms with Gasteiger partial charge in [-0.2, -0.15) is 0 Å². The van der Waals surface area contributed by atoms with E-state index in [1.165, 1.54) is 4.68 Å². The van der Waals surface area contributed by atoms with Crippen molar-refractivity contribution in [1.29, 1.82) is 0 Å². The van der Waals surface area contributed by atoms with Crippen LogP contribution in [0.4, 0.5) is 5.95 Å². The molecule has 2 N–H and O–H groups in total. The number of rotatable bonds is 2. The van der Waals surface area contributed by atoms with Crippen LogP contribution in [0.25, 0.3) is 0 Å². The van der Waals surface area contributed by atoms with Crippen LogP contribution in [0.5, 0.6) is 0 Å². The van der Waals surface area contributed by atoms with Crippen LogP contribution in [0.15, 0.2) is 24.3 Å². The number of anilines is 1. The zero-order valence-corrected chi connectivity index (χ0v) is 8.02. The number of nitrogens with zero attached hydrogens (tertiary/aromatic N) is 4. The van der Waals surface area contributed by atoms with Gasteiger partial charge in [0.05, 0.1) is 6.54 Å². The molecule has 5 nitrogen and oxygen atoms in total. The molecule has 0 aliphatic rings. The first-order chi connectivity index (χ1) is 6.75. The zero-order valence-electron chi connectivity index (χ0n) is 7.26. The molecule has 0 saturated carbocycles. The first-order valence-corrected chi connectivity index (χ1v) is 4.39. The third-order valence-corrected chi connectivity index (χ3v) is 2.02. The van der Waals surface area contributed by atoms with Crippen molar-refractivity contribution in [2.75, 3.05) is 5.73 Å². The highest BCUT2D eigenvalue weighted by Crippen LogP contribution is 2.11. The summed E-state index contributed by atoms with van der Waals surface area (Å²) in [5.74, 6) is 0.296. The van der Waals surface area contributed by atoms with E-state index < -0.39 is 0 Å². The monoisotopic (exact) mass is 209 g/mol. The molecule has 0 spiro atoms. The Morgan fingerprint density at radius 3 is 2.93 bits per heavy atom. The number of nitrogen functional groups attached to an aromatic ring is 1. The van der Waals surface area contributed by atoms with Gasteiger partial charge in [0.25, 0.3) is 0 Å². The fourth-order valence-corrected chi connectivity index (χ4v) is 1.35. The van der Waals surface area contributed by atoms with Gasteiger partial charge in [0.15, 0.2) is 0 Å². The molecule has 0 amide bonds. The molecule has 0 aliphatic carbocycles. The van der Waals surface area contributed by atoms with E-state index in [0.29, 0.717) is 17.5 Å². The van der Waals surface area contributed by atoms with Crippen molar-refractivity contribution in [3.63, 3.8) is 0 Å². The zero-order chi connectivity index (χ0) is 9.97. The Labute approximate surface area is 85.5 Å². The Balaban J connectivity index is 2.23. The summed E-state index contributed by atoms with van der Waals surface area (Å²) in [6.07, 6.45) is 0. The first kappa shape index (κ1) is 8.96. The number of aromatic nitrogens is 4. The lowest BCUT2D eigenvalue weighted by atomic mass is 10.2. The van der Waals surface area contributed by atoms with Crippen LogP contribution >= 0.6 is 11.6 Å². The summed E-state index contributed by atoms with van der Waals surface area (Å²) in [7, 11) is 0. The van der Waals surface area contributed by atoms with Crippen LogP contribution < -0.4 is 5.73 Å². The second kappa shape index (κ2) is 3.63. The van der Waals surface area contributed by atoms with E-state index in [1.54, 1.807) is 0 Å². The Morgan fingerprint density at radius 2 is 2.29 bits per heavy atom. The predicted molar refractivity (Wildman–Crippen MR) is 52.8 cm³/mol. The third-order valence-electron chi connectivity index (χ3n) is 1.78. The standard InChI is InChI=1S/C8H8ClN5/c9-7-3-1-2-6(4-7)5-14-8(10)11-12-13-14/h1-4H,5H2,(H2,10,11,13). The summed E-state index contributed by atoms with van der Waals surface area (Å²) in [4.78, 5) is 0.